The summed E-state index contributed by atoms with van der Waals surface area (Å²) < 4.78 is 17.0. The molecule has 0 aromatic carbocycles. The molecule has 0 heterocycles. The van der Waals surface area contributed by atoms with Crippen molar-refractivity contribution < 1.29 is 13.6 Å². The Morgan fingerprint density at radius 3 is 1.04 bits per heavy atom. The summed E-state index contributed by atoms with van der Waals surface area (Å²) in [5.41, 5.74) is 2.70. The zero-order chi connectivity index (χ0) is 20.3. The van der Waals surface area contributed by atoms with E-state index >= 15 is 0 Å². The molecule has 0 N–H and O–H groups in total. The molecule has 0 aliphatic rings. The lowest BCUT2D eigenvalue weighted by Crippen LogP contribution is -2.38. The fourth-order valence-corrected chi connectivity index (χ4v) is 3.48. The van der Waals surface area contributed by atoms with Gasteiger partial charge < -0.3 is 13.6 Å². The summed E-state index contributed by atoms with van der Waals surface area (Å²) in [6.07, 6.45) is 2.57. The molecule has 0 fully saturated rings. The highest BCUT2D eigenvalue weighted by atomic mass is 28.4. The largest absolute Gasteiger partial charge is 0.759 e. The highest BCUT2D eigenvalue weighted by Crippen LogP contribution is 2.15. The number of rotatable bonds is 12. The van der Waals surface area contributed by atoms with Gasteiger partial charge in [-0.2, -0.15) is 0 Å². The Balaban J connectivity index is 5.17. The Bertz CT molecular complexity index is 431. The minimum atomic E-state index is -3.15. The van der Waals surface area contributed by atoms with Crippen LogP contribution in [0.2, 0.25) is 6.55 Å². The normalized spacial score (nSPS) is 14.4. The number of hydrogen-bond acceptors (Lipinski definition) is 6. The topological polar surface area (TPSA) is 64.8 Å². The fourth-order valence-electron chi connectivity index (χ4n) is 2.42. The van der Waals surface area contributed by atoms with Crippen LogP contribution in [0.15, 0.2) is 15.5 Å². The van der Waals surface area contributed by atoms with E-state index in [1.807, 2.05) is 20.8 Å². The summed E-state index contributed by atoms with van der Waals surface area (Å²) in [7, 11) is -3.15. The van der Waals surface area contributed by atoms with Gasteiger partial charge >= 0.3 is 8.80 Å². The van der Waals surface area contributed by atoms with E-state index in [0.29, 0.717) is 17.8 Å². The van der Waals surface area contributed by atoms with Crippen LogP contribution in [0.3, 0.4) is 0 Å². The molecular weight excluding hydrogens is 346 g/mol. The summed E-state index contributed by atoms with van der Waals surface area (Å²) in [6, 6.07) is 0. The average Bonchev–Trinajstić information content (AvgIpc) is 2.47. The summed E-state index contributed by atoms with van der Waals surface area (Å²) in [5, 5.41) is 12.6. The van der Waals surface area contributed by atoms with Gasteiger partial charge in [0.2, 0.25) is 0 Å². The van der Waals surface area contributed by atoms with E-state index in [-0.39, 0.29) is 0 Å². The van der Waals surface area contributed by atoms with E-state index in [4.69, 9.17) is 13.6 Å². The molecule has 0 aromatic heterocycles. The molecule has 0 spiro atoms. The highest BCUT2D eigenvalue weighted by molar-refractivity contribution is 6.59. The zero-order valence-corrected chi connectivity index (χ0v) is 19.4. The molecule has 26 heavy (non-hydrogen) atoms. The van der Waals surface area contributed by atoms with Gasteiger partial charge in [-0.05, 0) is 57.8 Å². The van der Waals surface area contributed by atoms with Crippen LogP contribution in [-0.2, 0) is 13.6 Å². The minimum absolute atomic E-state index is 0.509. The van der Waals surface area contributed by atoms with Crippen molar-refractivity contribution in [1.29, 1.82) is 0 Å². The monoisotopic (exact) mass is 385 g/mol. The Kier molecular flexibility index (Phi) is 11.5. The third-order valence-electron chi connectivity index (χ3n) is 3.21. The lowest BCUT2D eigenvalue weighted by Gasteiger charge is -2.19. The molecule has 0 radical (unpaired) electrons. The summed E-state index contributed by atoms with van der Waals surface area (Å²) in [5.74, 6) is 1.53. The second kappa shape index (κ2) is 12.1. The molecule has 0 atom stereocenters. The summed E-state index contributed by atoms with van der Waals surface area (Å²) in [4.78, 5) is 0. The first-order chi connectivity index (χ1) is 11.9. The third kappa shape index (κ3) is 12.9. The van der Waals surface area contributed by atoms with Crippen LogP contribution in [0.4, 0.5) is 0 Å². The van der Waals surface area contributed by atoms with E-state index in [1.54, 1.807) is 6.55 Å². The standard InChI is InChI=1S/C19H39N3O3Si/c1-14(2)11-17(7)20-23-26(10,24-21-18(8)12-15(3)4)25-22-19(9)13-16(5)6/h14-16H,11-13H2,1-10H3/b20-17-,21-18+,22-19+. The molecule has 0 bridgehead atoms. The molecule has 152 valence electrons. The Morgan fingerprint density at radius 2 is 0.846 bits per heavy atom. The van der Waals surface area contributed by atoms with Crippen LogP contribution in [-0.4, -0.2) is 25.9 Å². The van der Waals surface area contributed by atoms with Crippen molar-refractivity contribution in [3.63, 3.8) is 0 Å². The van der Waals surface area contributed by atoms with Crippen LogP contribution < -0.4 is 0 Å². The van der Waals surface area contributed by atoms with Crippen molar-refractivity contribution >= 4 is 25.9 Å². The van der Waals surface area contributed by atoms with Gasteiger partial charge in [0.25, 0.3) is 0 Å². The molecule has 7 heteroatoms. The van der Waals surface area contributed by atoms with Crippen LogP contribution in [0.25, 0.3) is 0 Å². The van der Waals surface area contributed by atoms with E-state index in [9.17, 15) is 0 Å². The molecule has 0 saturated carbocycles. The second-order valence-corrected chi connectivity index (χ2v) is 10.7. The Morgan fingerprint density at radius 1 is 0.615 bits per heavy atom. The predicted octanol–water partition coefficient (Wildman–Crippen LogP) is 5.87. The lowest BCUT2D eigenvalue weighted by molar-refractivity contribution is 0.0720. The van der Waals surface area contributed by atoms with Gasteiger partial charge in [0, 0.05) is 6.55 Å². The van der Waals surface area contributed by atoms with Gasteiger partial charge in [0.05, 0.1) is 17.1 Å². The first-order valence-electron chi connectivity index (χ1n) is 9.58. The number of nitrogens with zero attached hydrogens (tertiary/aromatic N) is 3. The Labute approximate surface area is 161 Å². The predicted molar refractivity (Wildman–Crippen MR) is 113 cm³/mol. The zero-order valence-electron chi connectivity index (χ0n) is 18.4. The Hall–Kier alpha value is -1.37. The summed E-state index contributed by atoms with van der Waals surface area (Å²) >= 11 is 0. The van der Waals surface area contributed by atoms with Crippen molar-refractivity contribution in [2.24, 2.45) is 33.2 Å². The van der Waals surface area contributed by atoms with Gasteiger partial charge in [-0.3, -0.25) is 0 Å². The van der Waals surface area contributed by atoms with Crippen LogP contribution in [0.5, 0.6) is 0 Å². The van der Waals surface area contributed by atoms with E-state index < -0.39 is 8.80 Å². The molecule has 0 aliphatic carbocycles. The van der Waals surface area contributed by atoms with Gasteiger partial charge in [0.15, 0.2) is 0 Å². The van der Waals surface area contributed by atoms with Gasteiger partial charge in [0.1, 0.15) is 0 Å². The van der Waals surface area contributed by atoms with Crippen LogP contribution in [0.1, 0.15) is 81.6 Å². The molecule has 0 rings (SSSR count). The summed E-state index contributed by atoms with van der Waals surface area (Å²) in [6.45, 7) is 20.4. The van der Waals surface area contributed by atoms with E-state index in [2.05, 4.69) is 57.0 Å². The van der Waals surface area contributed by atoms with Crippen molar-refractivity contribution in [1.82, 2.24) is 0 Å². The molecular formula is C19H39N3O3Si. The number of hydrogen-bond donors (Lipinski definition) is 0. The smallest absolute Gasteiger partial charge is 0.373 e. The van der Waals surface area contributed by atoms with Crippen molar-refractivity contribution in [2.75, 3.05) is 0 Å². The first kappa shape index (κ1) is 24.6. The van der Waals surface area contributed by atoms with Gasteiger partial charge in [-0.25, -0.2) is 0 Å². The average molecular weight is 386 g/mol. The molecule has 6 nitrogen and oxygen atoms in total. The third-order valence-corrected chi connectivity index (χ3v) is 4.48. The molecule has 0 aliphatic heterocycles. The van der Waals surface area contributed by atoms with Crippen LogP contribution in [0, 0.1) is 17.8 Å². The molecule has 0 aromatic rings. The molecule has 0 unspecified atom stereocenters. The molecule has 0 amide bonds. The van der Waals surface area contributed by atoms with Gasteiger partial charge in [-0.15, -0.1) is 15.5 Å². The lowest BCUT2D eigenvalue weighted by atomic mass is 10.1. The van der Waals surface area contributed by atoms with Gasteiger partial charge in [-0.1, -0.05) is 41.5 Å². The van der Waals surface area contributed by atoms with E-state index in [0.717, 1.165) is 36.4 Å². The fraction of sp³-hybridized carbons (Fsp3) is 0.842. The van der Waals surface area contributed by atoms with Crippen molar-refractivity contribution in [3.8, 4) is 0 Å². The highest BCUT2D eigenvalue weighted by Gasteiger charge is 2.45. The molecule has 0 saturated heterocycles. The van der Waals surface area contributed by atoms with Crippen LogP contribution >= 0.6 is 0 Å². The SMILES string of the molecule is C/C(CC(C)C)=N/O[Si](C)(O/N=C(\C)CC(C)C)O/N=C(\C)CC(C)C. The van der Waals surface area contributed by atoms with Crippen molar-refractivity contribution in [3.05, 3.63) is 0 Å². The van der Waals surface area contributed by atoms with Crippen molar-refractivity contribution in [2.45, 2.75) is 88.1 Å². The second-order valence-electron chi connectivity index (χ2n) is 8.41. The maximum atomic E-state index is 5.67. The minimum Gasteiger partial charge on any atom is -0.373 e. The quantitative estimate of drug-likeness (QED) is 0.240. The maximum absolute atomic E-state index is 5.67. The van der Waals surface area contributed by atoms with E-state index in [1.165, 1.54) is 0 Å². The first-order valence-corrected chi connectivity index (χ1v) is 11.8. The number of oxime groups is 3. The maximum Gasteiger partial charge on any atom is 0.759 e.